The normalized spacial score (nSPS) is 34.8. The van der Waals surface area contributed by atoms with E-state index in [-0.39, 0.29) is 0 Å². The fourth-order valence-electron chi connectivity index (χ4n) is 3.55. The molecule has 1 atom stereocenters. The average Bonchev–Trinajstić information content (AvgIpc) is 2.39. The summed E-state index contributed by atoms with van der Waals surface area (Å²) in [5, 5.41) is 0. The highest BCUT2D eigenvalue weighted by Gasteiger charge is 2.28. The monoisotopic (exact) mass is 238 g/mol. The lowest BCUT2D eigenvalue weighted by molar-refractivity contribution is 0.0645. The van der Waals surface area contributed by atoms with Crippen LogP contribution in [0.5, 0.6) is 0 Å². The van der Waals surface area contributed by atoms with Crippen LogP contribution in [0, 0.1) is 11.8 Å². The van der Waals surface area contributed by atoms with E-state index in [1.54, 1.807) is 0 Å². The van der Waals surface area contributed by atoms with Crippen LogP contribution in [0.2, 0.25) is 0 Å². The summed E-state index contributed by atoms with van der Waals surface area (Å²) in [4.78, 5) is 5.32. The molecule has 0 bridgehead atoms. The molecule has 1 saturated carbocycles. The van der Waals surface area contributed by atoms with Gasteiger partial charge in [-0.2, -0.15) is 0 Å². The van der Waals surface area contributed by atoms with E-state index in [1.165, 1.54) is 58.4 Å². The second-order valence-electron chi connectivity index (χ2n) is 6.23. The highest BCUT2D eigenvalue weighted by atomic mass is 15.3. The van der Waals surface area contributed by atoms with Gasteiger partial charge < -0.3 is 4.90 Å². The van der Waals surface area contributed by atoms with Gasteiger partial charge in [0, 0.05) is 32.2 Å². The minimum Gasteiger partial charge on any atom is -0.301 e. The van der Waals surface area contributed by atoms with Crippen molar-refractivity contribution in [3.8, 4) is 0 Å². The second-order valence-corrected chi connectivity index (χ2v) is 6.23. The zero-order chi connectivity index (χ0) is 12.3. The van der Waals surface area contributed by atoms with Gasteiger partial charge in [-0.15, -0.1) is 0 Å². The van der Waals surface area contributed by atoms with Crippen LogP contribution in [0.25, 0.3) is 0 Å². The van der Waals surface area contributed by atoms with Crippen LogP contribution in [0.4, 0.5) is 0 Å². The van der Waals surface area contributed by atoms with E-state index in [9.17, 15) is 0 Å². The number of nitrogens with zero attached hydrogens (tertiary/aromatic N) is 2. The van der Waals surface area contributed by atoms with Gasteiger partial charge in [-0.05, 0) is 38.1 Å². The molecule has 1 aliphatic carbocycles. The minimum absolute atomic E-state index is 0.821. The van der Waals surface area contributed by atoms with E-state index in [4.69, 9.17) is 0 Å². The van der Waals surface area contributed by atoms with E-state index in [2.05, 4.69) is 30.6 Å². The van der Waals surface area contributed by atoms with E-state index in [0.717, 1.165) is 17.9 Å². The lowest BCUT2D eigenvalue weighted by Crippen LogP contribution is -2.51. The molecular formula is C15H30N2. The van der Waals surface area contributed by atoms with E-state index < -0.39 is 0 Å². The van der Waals surface area contributed by atoms with Crippen LogP contribution < -0.4 is 0 Å². The van der Waals surface area contributed by atoms with Crippen molar-refractivity contribution in [1.82, 2.24) is 9.80 Å². The SMILES string of the molecule is CCN1CCN(C(C)C2CCC(C)CC2)CC1. The Kier molecular flexibility index (Phi) is 4.87. The van der Waals surface area contributed by atoms with Gasteiger partial charge in [0.1, 0.15) is 0 Å². The lowest BCUT2D eigenvalue weighted by atomic mass is 9.79. The zero-order valence-corrected chi connectivity index (χ0v) is 12.0. The van der Waals surface area contributed by atoms with Crippen molar-refractivity contribution < 1.29 is 0 Å². The van der Waals surface area contributed by atoms with Crippen LogP contribution in [0.3, 0.4) is 0 Å². The predicted molar refractivity (Wildman–Crippen MR) is 74.3 cm³/mol. The Hall–Kier alpha value is -0.0800. The average molecular weight is 238 g/mol. The van der Waals surface area contributed by atoms with Crippen molar-refractivity contribution >= 4 is 0 Å². The van der Waals surface area contributed by atoms with Crippen LogP contribution in [-0.4, -0.2) is 48.6 Å². The summed E-state index contributed by atoms with van der Waals surface area (Å²) in [7, 11) is 0. The van der Waals surface area contributed by atoms with Crippen molar-refractivity contribution in [2.75, 3.05) is 32.7 Å². The minimum atomic E-state index is 0.821. The highest BCUT2D eigenvalue weighted by molar-refractivity contribution is 4.83. The maximum absolute atomic E-state index is 2.74. The van der Waals surface area contributed by atoms with Crippen LogP contribution >= 0.6 is 0 Å². The largest absolute Gasteiger partial charge is 0.301 e. The third-order valence-electron chi connectivity index (χ3n) is 5.17. The maximum atomic E-state index is 2.74. The molecule has 0 N–H and O–H groups in total. The highest BCUT2D eigenvalue weighted by Crippen LogP contribution is 2.32. The first-order chi connectivity index (χ1) is 8.20. The number of likely N-dealkylation sites (N-methyl/N-ethyl adjacent to an activating group) is 1. The van der Waals surface area contributed by atoms with E-state index in [0.29, 0.717) is 0 Å². The third-order valence-corrected chi connectivity index (χ3v) is 5.17. The Labute approximate surface area is 107 Å². The van der Waals surface area contributed by atoms with Gasteiger partial charge in [0.15, 0.2) is 0 Å². The first kappa shape index (κ1) is 13.4. The van der Waals surface area contributed by atoms with Crippen LogP contribution in [0.15, 0.2) is 0 Å². The molecule has 0 aromatic heterocycles. The Bertz CT molecular complexity index is 213. The van der Waals surface area contributed by atoms with Gasteiger partial charge in [0.05, 0.1) is 0 Å². The van der Waals surface area contributed by atoms with Gasteiger partial charge in [-0.3, -0.25) is 4.90 Å². The molecule has 0 radical (unpaired) electrons. The fraction of sp³-hybridized carbons (Fsp3) is 1.00. The van der Waals surface area contributed by atoms with Crippen LogP contribution in [0.1, 0.15) is 46.5 Å². The number of hydrogen-bond donors (Lipinski definition) is 0. The molecule has 0 amide bonds. The summed E-state index contributed by atoms with van der Waals surface area (Å²) in [6.45, 7) is 13.5. The Morgan fingerprint density at radius 3 is 2.12 bits per heavy atom. The van der Waals surface area contributed by atoms with Gasteiger partial charge in [-0.25, -0.2) is 0 Å². The molecule has 1 saturated heterocycles. The van der Waals surface area contributed by atoms with Crippen LogP contribution in [-0.2, 0) is 0 Å². The lowest BCUT2D eigenvalue weighted by Gasteiger charge is -2.42. The summed E-state index contributed by atoms with van der Waals surface area (Å²) in [6, 6.07) is 0.821. The molecule has 0 aromatic carbocycles. The molecule has 0 aromatic rings. The molecule has 2 rings (SSSR count). The smallest absolute Gasteiger partial charge is 0.0113 e. The van der Waals surface area contributed by atoms with Gasteiger partial charge >= 0.3 is 0 Å². The van der Waals surface area contributed by atoms with Crippen molar-refractivity contribution in [2.24, 2.45) is 11.8 Å². The molecule has 2 fully saturated rings. The Balaban J connectivity index is 1.78. The topological polar surface area (TPSA) is 6.48 Å². The van der Waals surface area contributed by atoms with Crippen molar-refractivity contribution in [2.45, 2.75) is 52.5 Å². The molecule has 0 spiro atoms. The standard InChI is InChI=1S/C15H30N2/c1-4-16-9-11-17(12-10-16)14(3)15-7-5-13(2)6-8-15/h13-15H,4-12H2,1-3H3. The first-order valence-electron chi connectivity index (χ1n) is 7.67. The van der Waals surface area contributed by atoms with E-state index >= 15 is 0 Å². The summed E-state index contributed by atoms with van der Waals surface area (Å²) >= 11 is 0. The summed E-state index contributed by atoms with van der Waals surface area (Å²) in [5.41, 5.74) is 0. The van der Waals surface area contributed by atoms with E-state index in [1.807, 2.05) is 0 Å². The molecule has 1 unspecified atom stereocenters. The maximum Gasteiger partial charge on any atom is 0.0113 e. The quantitative estimate of drug-likeness (QED) is 0.746. The van der Waals surface area contributed by atoms with Gasteiger partial charge in [-0.1, -0.05) is 26.7 Å². The number of piperazine rings is 1. The van der Waals surface area contributed by atoms with Crippen molar-refractivity contribution in [3.63, 3.8) is 0 Å². The fourth-order valence-corrected chi connectivity index (χ4v) is 3.55. The molecule has 2 nitrogen and oxygen atoms in total. The van der Waals surface area contributed by atoms with Gasteiger partial charge in [0.2, 0.25) is 0 Å². The molecule has 2 aliphatic rings. The summed E-state index contributed by atoms with van der Waals surface area (Å²) in [5.74, 6) is 1.95. The molecule has 17 heavy (non-hydrogen) atoms. The Morgan fingerprint density at radius 1 is 1.00 bits per heavy atom. The predicted octanol–water partition coefficient (Wildman–Crippen LogP) is 2.84. The van der Waals surface area contributed by atoms with Crippen molar-refractivity contribution in [3.05, 3.63) is 0 Å². The summed E-state index contributed by atoms with van der Waals surface area (Å²) in [6.07, 6.45) is 5.86. The number of hydrogen-bond acceptors (Lipinski definition) is 2. The molecule has 100 valence electrons. The first-order valence-corrected chi connectivity index (χ1v) is 7.67. The summed E-state index contributed by atoms with van der Waals surface area (Å²) < 4.78 is 0. The molecular weight excluding hydrogens is 208 g/mol. The zero-order valence-electron chi connectivity index (χ0n) is 12.0. The Morgan fingerprint density at radius 2 is 1.59 bits per heavy atom. The number of rotatable bonds is 3. The molecule has 2 heteroatoms. The van der Waals surface area contributed by atoms with Gasteiger partial charge in [0.25, 0.3) is 0 Å². The molecule has 1 aliphatic heterocycles. The third kappa shape index (κ3) is 3.45. The van der Waals surface area contributed by atoms with Crippen molar-refractivity contribution in [1.29, 1.82) is 0 Å². The molecule has 1 heterocycles. The second kappa shape index (κ2) is 6.19.